The molecule has 210 valence electrons. The number of benzene rings is 1. The number of rotatable bonds is 7. The molecule has 2 aromatic rings. The van der Waals surface area contributed by atoms with E-state index in [9.17, 15) is 18.0 Å². The summed E-state index contributed by atoms with van der Waals surface area (Å²) in [7, 11) is -1.53. The van der Waals surface area contributed by atoms with Gasteiger partial charge in [-0.05, 0) is 55.7 Å². The zero-order chi connectivity index (χ0) is 28.6. The summed E-state index contributed by atoms with van der Waals surface area (Å²) in [6, 6.07) is 6.78. The van der Waals surface area contributed by atoms with Crippen molar-refractivity contribution in [3.63, 3.8) is 0 Å². The molecular weight excluding hydrogens is 579 g/mol. The van der Waals surface area contributed by atoms with Gasteiger partial charge < -0.3 is 24.7 Å². The van der Waals surface area contributed by atoms with Gasteiger partial charge in [0.2, 0.25) is 0 Å². The molecule has 1 aromatic carbocycles. The lowest BCUT2D eigenvalue weighted by molar-refractivity contribution is -0.113. The van der Waals surface area contributed by atoms with Crippen molar-refractivity contribution >= 4 is 57.5 Å². The van der Waals surface area contributed by atoms with Crippen LogP contribution in [0.4, 0.5) is 5.69 Å². The third kappa shape index (κ3) is 5.93. The summed E-state index contributed by atoms with van der Waals surface area (Å²) in [5.74, 6) is -0.768. The van der Waals surface area contributed by atoms with Crippen molar-refractivity contribution in [1.29, 1.82) is 0 Å². The zero-order valence-corrected chi connectivity index (χ0v) is 24.0. The molecule has 0 spiro atoms. The van der Waals surface area contributed by atoms with Crippen molar-refractivity contribution < 1.29 is 22.2 Å². The van der Waals surface area contributed by atoms with Gasteiger partial charge in [-0.3, -0.25) is 14.6 Å². The van der Waals surface area contributed by atoms with Crippen LogP contribution in [0.15, 0.2) is 59.2 Å². The minimum Gasteiger partial charge on any atom is -0.383 e. The Balaban J connectivity index is 1.44. The predicted molar refractivity (Wildman–Crippen MR) is 152 cm³/mol. The molecule has 2 amide bonds. The fourth-order valence-corrected chi connectivity index (χ4v) is 5.47. The van der Waals surface area contributed by atoms with Crippen LogP contribution in [0.5, 0.6) is 0 Å². The van der Waals surface area contributed by atoms with Gasteiger partial charge in [-0.15, -0.1) is 0 Å². The highest BCUT2D eigenvalue weighted by Crippen LogP contribution is 2.33. The van der Waals surface area contributed by atoms with E-state index in [0.29, 0.717) is 39.4 Å². The number of carbonyl (C=O) groups is 2. The minimum atomic E-state index is -3.26. The average molecular weight is 606 g/mol. The van der Waals surface area contributed by atoms with Crippen LogP contribution in [0.25, 0.3) is 0 Å². The van der Waals surface area contributed by atoms with Crippen molar-refractivity contribution in [3.05, 3.63) is 80.9 Å². The molecule has 0 radical (unpaired) electrons. The highest BCUT2D eigenvalue weighted by Gasteiger charge is 2.34. The molecule has 40 heavy (non-hydrogen) atoms. The quantitative estimate of drug-likeness (QED) is 0.410. The van der Waals surface area contributed by atoms with E-state index < -0.39 is 16.9 Å². The first-order chi connectivity index (χ1) is 19.1. The van der Waals surface area contributed by atoms with Crippen molar-refractivity contribution in [3.8, 4) is 0 Å². The third-order valence-electron chi connectivity index (χ3n) is 6.81. The Bertz CT molecular complexity index is 1540. The Morgan fingerprint density at radius 3 is 2.73 bits per heavy atom. The summed E-state index contributed by atoms with van der Waals surface area (Å²) < 4.78 is 27.8. The van der Waals surface area contributed by atoms with Gasteiger partial charge in [-0.25, -0.2) is 0 Å². The molecule has 1 saturated carbocycles. The Morgan fingerprint density at radius 2 is 2.02 bits per heavy atom. The van der Waals surface area contributed by atoms with E-state index in [2.05, 4.69) is 20.8 Å². The van der Waals surface area contributed by atoms with Gasteiger partial charge >= 0.3 is 0 Å². The summed E-state index contributed by atoms with van der Waals surface area (Å²) in [5.41, 5.74) is 4.88. The number of halogens is 2. The van der Waals surface area contributed by atoms with Gasteiger partial charge in [0.1, 0.15) is 5.84 Å². The van der Waals surface area contributed by atoms with E-state index in [-0.39, 0.29) is 41.3 Å². The number of amidine groups is 1. The summed E-state index contributed by atoms with van der Waals surface area (Å²) in [6.07, 6.45) is 6.25. The SMILES string of the molecule is Cc1cc(Cl)cc(C(=O)N(C)C2CC2)c1NC(=O)C1=CC(O[SH](=O)=O)=CN(C2=NNCC2c2ncccc2Cl)C1. The van der Waals surface area contributed by atoms with E-state index >= 15 is 0 Å². The van der Waals surface area contributed by atoms with E-state index in [1.165, 1.54) is 18.3 Å². The molecule has 1 aliphatic carbocycles. The maximum Gasteiger partial charge on any atom is 0.299 e. The van der Waals surface area contributed by atoms with Crippen LogP contribution in [-0.2, 0) is 20.0 Å². The minimum absolute atomic E-state index is 0.0354. The first-order valence-electron chi connectivity index (χ1n) is 12.4. The highest BCUT2D eigenvalue weighted by molar-refractivity contribution is 7.67. The molecule has 11 nitrogen and oxygen atoms in total. The molecule has 3 heterocycles. The summed E-state index contributed by atoms with van der Waals surface area (Å²) in [5, 5.41) is 8.04. The Kier molecular flexibility index (Phi) is 8.02. The predicted octanol–water partition coefficient (Wildman–Crippen LogP) is 3.20. The molecular formula is C26H26Cl2N6O5S. The summed E-state index contributed by atoms with van der Waals surface area (Å²) in [4.78, 5) is 34.5. The van der Waals surface area contributed by atoms with Gasteiger partial charge in [-0.1, -0.05) is 23.2 Å². The molecule has 5 rings (SSSR count). The average Bonchev–Trinajstić information content (AvgIpc) is 3.65. The second-order valence-electron chi connectivity index (χ2n) is 9.65. The van der Waals surface area contributed by atoms with Gasteiger partial charge in [0.15, 0.2) is 5.76 Å². The van der Waals surface area contributed by atoms with Crippen LogP contribution in [0, 0.1) is 6.92 Å². The van der Waals surface area contributed by atoms with Crippen LogP contribution in [-0.4, -0.2) is 67.0 Å². The maximum atomic E-state index is 13.6. The number of allylic oxidation sites excluding steroid dienone is 1. The molecule has 1 unspecified atom stereocenters. The number of aromatic nitrogens is 1. The Labute approximate surface area is 242 Å². The van der Waals surface area contributed by atoms with Gasteiger partial charge in [0.05, 0.1) is 34.4 Å². The summed E-state index contributed by atoms with van der Waals surface area (Å²) >= 11 is 12.7. The molecule has 0 bridgehead atoms. The van der Waals surface area contributed by atoms with E-state index in [1.54, 1.807) is 48.2 Å². The lowest BCUT2D eigenvalue weighted by Gasteiger charge is -2.28. The molecule has 14 heteroatoms. The second-order valence-corrected chi connectivity index (χ2v) is 11.1. The van der Waals surface area contributed by atoms with Gasteiger partial charge in [0.25, 0.3) is 22.8 Å². The van der Waals surface area contributed by atoms with E-state index in [0.717, 1.165) is 12.8 Å². The van der Waals surface area contributed by atoms with Crippen LogP contribution < -0.4 is 10.7 Å². The van der Waals surface area contributed by atoms with Crippen molar-refractivity contribution in [2.45, 2.75) is 31.7 Å². The van der Waals surface area contributed by atoms with Gasteiger partial charge in [0, 0.05) is 42.6 Å². The largest absolute Gasteiger partial charge is 0.383 e. The third-order valence-corrected chi connectivity index (χ3v) is 7.71. The molecule has 3 aliphatic rings. The number of nitrogens with one attached hydrogen (secondary N) is 2. The van der Waals surface area contributed by atoms with Crippen LogP contribution in [0.3, 0.4) is 0 Å². The number of hydrogen-bond donors (Lipinski definition) is 3. The molecule has 2 N–H and O–H groups in total. The van der Waals surface area contributed by atoms with Crippen molar-refractivity contribution in [1.82, 2.24) is 20.2 Å². The molecule has 2 aliphatic heterocycles. The van der Waals surface area contributed by atoms with E-state index in [4.69, 9.17) is 27.4 Å². The van der Waals surface area contributed by atoms with Crippen LogP contribution in [0.2, 0.25) is 10.0 Å². The first-order valence-corrected chi connectivity index (χ1v) is 14.3. The topological polar surface area (TPSA) is 133 Å². The number of hydrazone groups is 1. The standard InChI is InChI=1S/C26H26Cl2N6O5S/c1-14-8-16(27)10-19(26(36)33(2)17-5-6-17)22(14)31-25(35)15-9-18(39-40(37)38)13-34(12-15)24-20(11-30-32-24)23-21(28)4-3-7-29-23/h3-4,7-10,13,17,20,30,40H,5-6,11-12H2,1-2H3,(H,31,35). The van der Waals surface area contributed by atoms with Crippen molar-refractivity contribution in [2.75, 3.05) is 25.5 Å². The second kappa shape index (κ2) is 11.5. The van der Waals surface area contributed by atoms with Crippen molar-refractivity contribution in [2.24, 2.45) is 5.10 Å². The van der Waals surface area contributed by atoms with E-state index in [1.807, 2.05) is 0 Å². The Hall–Kier alpha value is -3.61. The smallest absolute Gasteiger partial charge is 0.299 e. The number of thiol groups is 1. The molecule has 1 atom stereocenters. The lowest BCUT2D eigenvalue weighted by Crippen LogP contribution is -2.37. The molecule has 1 aromatic heterocycles. The normalized spacial score (nSPS) is 18.5. The number of anilines is 1. The number of hydrogen-bond acceptors (Lipinski definition) is 9. The zero-order valence-electron chi connectivity index (χ0n) is 21.6. The number of nitrogens with zero attached hydrogens (tertiary/aromatic N) is 4. The number of carbonyl (C=O) groups excluding carboxylic acids is 2. The molecule has 0 saturated heterocycles. The first kappa shape index (κ1) is 27.9. The number of aryl methyl sites for hydroxylation is 1. The lowest BCUT2D eigenvalue weighted by atomic mass is 10.0. The van der Waals surface area contributed by atoms with Gasteiger partial charge in [-0.2, -0.15) is 13.5 Å². The van der Waals surface area contributed by atoms with Crippen LogP contribution >= 0.6 is 23.2 Å². The fraction of sp³-hybridized carbons (Fsp3) is 0.308. The summed E-state index contributed by atoms with van der Waals surface area (Å²) in [6.45, 7) is 2.18. The monoisotopic (exact) mass is 604 g/mol. The van der Waals surface area contributed by atoms with Crippen LogP contribution in [0.1, 0.15) is 40.4 Å². The number of pyridine rings is 1. The number of amides is 2. The molecule has 1 fully saturated rings. The maximum absolute atomic E-state index is 13.6. The Morgan fingerprint density at radius 1 is 1.25 bits per heavy atom. The highest BCUT2D eigenvalue weighted by atomic mass is 35.5. The fourth-order valence-electron chi connectivity index (χ4n) is 4.67.